The van der Waals surface area contributed by atoms with E-state index in [0.29, 0.717) is 13.1 Å². The molecule has 2 amide bonds. The molecule has 0 fully saturated rings. The maximum atomic E-state index is 11.6. The minimum absolute atomic E-state index is 0.00917. The molecule has 0 radical (unpaired) electrons. The second kappa shape index (κ2) is 5.81. The van der Waals surface area contributed by atoms with Gasteiger partial charge in [0.25, 0.3) is 0 Å². The highest BCUT2D eigenvalue weighted by Gasteiger charge is 2.22. The van der Waals surface area contributed by atoms with Crippen LogP contribution in [0.4, 0.5) is 4.79 Å². The third-order valence-corrected chi connectivity index (χ3v) is 2.26. The van der Waals surface area contributed by atoms with Crippen molar-refractivity contribution in [1.29, 1.82) is 0 Å². The molecule has 0 saturated carbocycles. The molecule has 1 rings (SSSR count). The fraction of sp³-hybridized carbons (Fsp3) is 0.455. The van der Waals surface area contributed by atoms with Gasteiger partial charge >= 0.3 is 12.0 Å². The molecular weight excluding hydrogens is 208 g/mol. The van der Waals surface area contributed by atoms with Crippen LogP contribution in [0.3, 0.4) is 0 Å². The Morgan fingerprint density at radius 3 is 2.81 bits per heavy atom. The van der Waals surface area contributed by atoms with Crippen LogP contribution < -0.4 is 5.32 Å². The number of aliphatic carboxylic acids is 1. The van der Waals surface area contributed by atoms with E-state index in [1.54, 1.807) is 4.90 Å². The van der Waals surface area contributed by atoms with Crippen molar-refractivity contribution in [2.24, 2.45) is 0 Å². The monoisotopic (exact) mass is 222 g/mol. The number of nitrogens with one attached hydrogen (secondary N) is 1. The van der Waals surface area contributed by atoms with Crippen LogP contribution in [0.5, 0.6) is 0 Å². The number of carboxylic acid groups (broad SMARTS) is 1. The molecule has 0 spiro atoms. The number of hydrogen-bond acceptors (Lipinski definition) is 2. The zero-order valence-corrected chi connectivity index (χ0v) is 8.85. The van der Waals surface area contributed by atoms with Gasteiger partial charge in [-0.25, -0.2) is 9.59 Å². The third kappa shape index (κ3) is 3.31. The summed E-state index contributed by atoms with van der Waals surface area (Å²) in [5, 5.41) is 11.2. The van der Waals surface area contributed by atoms with Crippen molar-refractivity contribution in [3.8, 4) is 12.3 Å². The van der Waals surface area contributed by atoms with Crippen LogP contribution in [0.1, 0.15) is 12.8 Å². The van der Waals surface area contributed by atoms with Crippen LogP contribution in [0.25, 0.3) is 0 Å². The lowest BCUT2D eigenvalue weighted by Crippen LogP contribution is -2.48. The van der Waals surface area contributed by atoms with Crippen LogP contribution in [0, 0.1) is 12.3 Å². The van der Waals surface area contributed by atoms with Crippen LogP contribution >= 0.6 is 0 Å². The maximum Gasteiger partial charge on any atom is 0.327 e. The van der Waals surface area contributed by atoms with Crippen molar-refractivity contribution in [2.45, 2.75) is 18.9 Å². The zero-order chi connectivity index (χ0) is 12.0. The highest BCUT2D eigenvalue weighted by atomic mass is 16.4. The summed E-state index contributed by atoms with van der Waals surface area (Å²) >= 11 is 0. The molecule has 5 nitrogen and oxygen atoms in total. The number of carboxylic acids is 1. The average molecular weight is 222 g/mol. The van der Waals surface area contributed by atoms with Gasteiger partial charge in [0, 0.05) is 19.5 Å². The maximum absolute atomic E-state index is 11.6. The molecule has 2 N–H and O–H groups in total. The molecule has 1 unspecified atom stereocenters. The van der Waals surface area contributed by atoms with Gasteiger partial charge in [-0.05, 0) is 6.42 Å². The first-order valence-electron chi connectivity index (χ1n) is 5.02. The van der Waals surface area contributed by atoms with Crippen LogP contribution in [-0.4, -0.2) is 41.1 Å². The number of hydrogen-bond donors (Lipinski definition) is 2. The lowest BCUT2D eigenvalue weighted by Gasteiger charge is -2.25. The molecule has 0 aliphatic carbocycles. The third-order valence-electron chi connectivity index (χ3n) is 2.26. The second-order valence-corrected chi connectivity index (χ2v) is 3.45. The first-order valence-corrected chi connectivity index (χ1v) is 5.02. The Morgan fingerprint density at radius 1 is 1.56 bits per heavy atom. The van der Waals surface area contributed by atoms with Crippen LogP contribution in [0.2, 0.25) is 0 Å². The number of carbonyl (C=O) groups excluding carboxylic acids is 1. The molecule has 0 bridgehead atoms. The van der Waals surface area contributed by atoms with Gasteiger partial charge in [-0.1, -0.05) is 12.2 Å². The molecule has 16 heavy (non-hydrogen) atoms. The van der Waals surface area contributed by atoms with Crippen molar-refractivity contribution < 1.29 is 14.7 Å². The van der Waals surface area contributed by atoms with E-state index in [9.17, 15) is 9.59 Å². The van der Waals surface area contributed by atoms with E-state index in [0.717, 1.165) is 6.42 Å². The summed E-state index contributed by atoms with van der Waals surface area (Å²) in [5.41, 5.74) is 0. The number of terminal acetylenes is 1. The molecule has 0 saturated heterocycles. The van der Waals surface area contributed by atoms with E-state index in [4.69, 9.17) is 11.5 Å². The Kier molecular flexibility index (Phi) is 4.40. The lowest BCUT2D eigenvalue weighted by atomic mass is 10.2. The Labute approximate surface area is 94.1 Å². The molecule has 0 aromatic rings. The topological polar surface area (TPSA) is 69.6 Å². The molecular formula is C11H14N2O3. The number of carbonyl (C=O) groups is 2. The van der Waals surface area contributed by atoms with Gasteiger partial charge in [-0.3, -0.25) is 0 Å². The summed E-state index contributed by atoms with van der Waals surface area (Å²) in [7, 11) is 0. The number of urea groups is 1. The number of rotatable bonds is 3. The summed E-state index contributed by atoms with van der Waals surface area (Å²) in [6.07, 6.45) is 9.68. The predicted octanol–water partition coefficient (Wildman–Crippen LogP) is 0.434. The van der Waals surface area contributed by atoms with E-state index in [1.165, 1.54) is 0 Å². The minimum Gasteiger partial charge on any atom is -0.480 e. The summed E-state index contributed by atoms with van der Waals surface area (Å²) in [4.78, 5) is 23.9. The average Bonchev–Trinajstić information content (AvgIpc) is 2.29. The summed E-state index contributed by atoms with van der Waals surface area (Å²) in [6.45, 7) is 1.11. The van der Waals surface area contributed by atoms with Gasteiger partial charge in [-0.15, -0.1) is 12.3 Å². The fourth-order valence-corrected chi connectivity index (χ4v) is 1.38. The SMILES string of the molecule is C#CCC(NC(=O)N1CC=CCC1)C(=O)O. The number of nitrogens with zero attached hydrogens (tertiary/aromatic N) is 1. The smallest absolute Gasteiger partial charge is 0.327 e. The van der Waals surface area contributed by atoms with Crippen molar-refractivity contribution in [3.05, 3.63) is 12.2 Å². The molecule has 1 aliphatic rings. The number of amides is 2. The van der Waals surface area contributed by atoms with Gasteiger partial charge in [0.1, 0.15) is 6.04 Å². The first kappa shape index (κ1) is 12.1. The van der Waals surface area contributed by atoms with E-state index in [1.807, 2.05) is 12.2 Å². The quantitative estimate of drug-likeness (QED) is 0.537. The Bertz CT molecular complexity index is 344. The fourth-order valence-electron chi connectivity index (χ4n) is 1.38. The van der Waals surface area contributed by atoms with Crippen molar-refractivity contribution in [3.63, 3.8) is 0 Å². The van der Waals surface area contributed by atoms with E-state index < -0.39 is 12.0 Å². The second-order valence-electron chi connectivity index (χ2n) is 3.45. The first-order chi connectivity index (χ1) is 7.65. The zero-order valence-electron chi connectivity index (χ0n) is 8.85. The highest BCUT2D eigenvalue weighted by Crippen LogP contribution is 2.02. The summed E-state index contributed by atoms with van der Waals surface area (Å²) in [5.74, 6) is 1.12. The van der Waals surface area contributed by atoms with E-state index >= 15 is 0 Å². The molecule has 1 atom stereocenters. The highest BCUT2D eigenvalue weighted by molar-refractivity contribution is 5.82. The van der Waals surface area contributed by atoms with Gasteiger partial charge in [0.2, 0.25) is 0 Å². The standard InChI is InChI=1S/C11H14N2O3/c1-2-6-9(10(14)15)12-11(16)13-7-4-3-5-8-13/h1,3-4,9H,5-8H2,(H,12,16)(H,14,15). The van der Waals surface area contributed by atoms with E-state index in [-0.39, 0.29) is 12.5 Å². The van der Waals surface area contributed by atoms with Crippen LogP contribution in [0.15, 0.2) is 12.2 Å². The lowest BCUT2D eigenvalue weighted by molar-refractivity contribution is -0.139. The van der Waals surface area contributed by atoms with Crippen molar-refractivity contribution in [1.82, 2.24) is 10.2 Å². The van der Waals surface area contributed by atoms with E-state index in [2.05, 4.69) is 11.2 Å². The Hall–Kier alpha value is -1.96. The molecule has 1 heterocycles. The Morgan fingerprint density at radius 2 is 2.31 bits per heavy atom. The van der Waals surface area contributed by atoms with Crippen molar-refractivity contribution in [2.75, 3.05) is 13.1 Å². The minimum atomic E-state index is -1.11. The van der Waals surface area contributed by atoms with Gasteiger partial charge in [0.05, 0.1) is 0 Å². The largest absolute Gasteiger partial charge is 0.480 e. The van der Waals surface area contributed by atoms with Gasteiger partial charge < -0.3 is 15.3 Å². The van der Waals surface area contributed by atoms with Gasteiger partial charge in [-0.2, -0.15) is 0 Å². The molecule has 0 aromatic carbocycles. The predicted molar refractivity (Wildman–Crippen MR) is 58.7 cm³/mol. The molecule has 1 aliphatic heterocycles. The molecule has 0 aromatic heterocycles. The Balaban J connectivity index is 2.51. The van der Waals surface area contributed by atoms with Gasteiger partial charge in [0.15, 0.2) is 0 Å². The van der Waals surface area contributed by atoms with Crippen LogP contribution in [-0.2, 0) is 4.79 Å². The molecule has 86 valence electrons. The van der Waals surface area contributed by atoms with Crippen molar-refractivity contribution >= 4 is 12.0 Å². The summed E-state index contributed by atoms with van der Waals surface area (Å²) < 4.78 is 0. The molecule has 5 heteroatoms. The normalized spacial score (nSPS) is 16.3. The summed E-state index contributed by atoms with van der Waals surface area (Å²) in [6, 6.07) is -1.39.